The Morgan fingerprint density at radius 2 is 1.68 bits per heavy atom. The zero-order valence-electron chi connectivity index (χ0n) is 12.7. The second-order valence-electron chi connectivity index (χ2n) is 5.16. The molecule has 22 heavy (non-hydrogen) atoms. The first-order chi connectivity index (χ1) is 10.4. The zero-order valence-corrected chi connectivity index (χ0v) is 13.5. The molecule has 0 spiro atoms. The summed E-state index contributed by atoms with van der Waals surface area (Å²) >= 11 is 5.14. The minimum absolute atomic E-state index is 0.0380. The van der Waals surface area contributed by atoms with Gasteiger partial charge in [-0.3, -0.25) is 10.1 Å². The van der Waals surface area contributed by atoms with Crippen LogP contribution < -0.4 is 10.6 Å². The molecule has 0 atom stereocenters. The fraction of sp³-hybridized carbons (Fsp3) is 0.176. The predicted molar refractivity (Wildman–Crippen MR) is 90.7 cm³/mol. The van der Waals surface area contributed by atoms with Crippen molar-refractivity contribution in [1.82, 2.24) is 5.32 Å². The van der Waals surface area contributed by atoms with Gasteiger partial charge in [-0.05, 0) is 56.2 Å². The molecule has 2 rings (SSSR count). The van der Waals surface area contributed by atoms with Crippen molar-refractivity contribution in [2.45, 2.75) is 20.8 Å². The van der Waals surface area contributed by atoms with E-state index in [1.807, 2.05) is 32.9 Å². The van der Waals surface area contributed by atoms with E-state index in [1.54, 1.807) is 6.07 Å². The Morgan fingerprint density at radius 3 is 2.27 bits per heavy atom. The van der Waals surface area contributed by atoms with Crippen molar-refractivity contribution >= 4 is 28.9 Å². The lowest BCUT2D eigenvalue weighted by Crippen LogP contribution is -2.35. The highest BCUT2D eigenvalue weighted by atomic mass is 32.1. The number of nitrogens with one attached hydrogen (secondary N) is 2. The minimum atomic E-state index is -0.578. The molecular formula is C17H17FN2OS. The summed E-state index contributed by atoms with van der Waals surface area (Å²) in [6, 6.07) is 9.83. The van der Waals surface area contributed by atoms with Crippen LogP contribution in [0.4, 0.5) is 10.1 Å². The first-order valence-corrected chi connectivity index (χ1v) is 7.24. The van der Waals surface area contributed by atoms with Gasteiger partial charge in [0, 0.05) is 5.69 Å². The number of thiocarbonyl (C=S) groups is 1. The van der Waals surface area contributed by atoms with E-state index in [0.29, 0.717) is 0 Å². The number of hydrogen-bond donors (Lipinski definition) is 2. The third-order valence-corrected chi connectivity index (χ3v) is 3.47. The maximum Gasteiger partial charge on any atom is 0.260 e. The number of benzene rings is 2. The lowest BCUT2D eigenvalue weighted by Gasteiger charge is -2.15. The molecule has 0 fully saturated rings. The largest absolute Gasteiger partial charge is 0.332 e. The Balaban J connectivity index is 2.11. The molecular weight excluding hydrogens is 299 g/mol. The topological polar surface area (TPSA) is 41.1 Å². The monoisotopic (exact) mass is 316 g/mol. The molecule has 0 saturated heterocycles. The Morgan fingerprint density at radius 1 is 1.09 bits per heavy atom. The van der Waals surface area contributed by atoms with Crippen molar-refractivity contribution < 1.29 is 9.18 Å². The quantitative estimate of drug-likeness (QED) is 0.826. The van der Waals surface area contributed by atoms with Crippen molar-refractivity contribution in [1.29, 1.82) is 0 Å². The molecule has 3 nitrogen and oxygen atoms in total. The smallest absolute Gasteiger partial charge is 0.260 e. The van der Waals surface area contributed by atoms with Crippen LogP contribution in [0, 0.1) is 26.6 Å². The maximum absolute atomic E-state index is 13.6. The molecule has 2 N–H and O–H groups in total. The van der Waals surface area contributed by atoms with Crippen LogP contribution >= 0.6 is 12.2 Å². The molecule has 0 bridgehead atoms. The van der Waals surface area contributed by atoms with E-state index in [-0.39, 0.29) is 10.7 Å². The van der Waals surface area contributed by atoms with Crippen LogP contribution in [0.3, 0.4) is 0 Å². The van der Waals surface area contributed by atoms with Crippen LogP contribution in [0.25, 0.3) is 0 Å². The number of carbonyl (C=O) groups excluding carboxylic acids is 1. The van der Waals surface area contributed by atoms with Gasteiger partial charge in [0.1, 0.15) is 5.82 Å². The third-order valence-electron chi connectivity index (χ3n) is 3.26. The van der Waals surface area contributed by atoms with Gasteiger partial charge in [0.05, 0.1) is 5.56 Å². The molecule has 2 aromatic rings. The average molecular weight is 316 g/mol. The van der Waals surface area contributed by atoms with Crippen LogP contribution in [-0.4, -0.2) is 11.0 Å². The molecule has 0 heterocycles. The first-order valence-electron chi connectivity index (χ1n) is 6.83. The van der Waals surface area contributed by atoms with Gasteiger partial charge in [-0.15, -0.1) is 0 Å². The maximum atomic E-state index is 13.6. The van der Waals surface area contributed by atoms with Gasteiger partial charge in [0.15, 0.2) is 5.11 Å². The van der Waals surface area contributed by atoms with Crippen LogP contribution in [0.15, 0.2) is 36.4 Å². The summed E-state index contributed by atoms with van der Waals surface area (Å²) in [5, 5.41) is 5.64. The lowest BCUT2D eigenvalue weighted by molar-refractivity contribution is 0.0974. The van der Waals surface area contributed by atoms with Crippen LogP contribution in [0.1, 0.15) is 27.0 Å². The number of rotatable bonds is 2. The Labute approximate surface area is 134 Å². The van der Waals surface area contributed by atoms with E-state index in [1.165, 1.54) is 18.2 Å². The second kappa shape index (κ2) is 6.66. The number of carbonyl (C=O) groups is 1. The van der Waals surface area contributed by atoms with Crippen molar-refractivity contribution in [3.63, 3.8) is 0 Å². The summed E-state index contributed by atoms with van der Waals surface area (Å²) in [6.07, 6.45) is 0. The normalized spacial score (nSPS) is 10.2. The summed E-state index contributed by atoms with van der Waals surface area (Å²) in [7, 11) is 0. The lowest BCUT2D eigenvalue weighted by atomic mass is 10.1. The predicted octanol–water partition coefficient (Wildman–Crippen LogP) is 3.88. The summed E-state index contributed by atoms with van der Waals surface area (Å²) < 4.78 is 13.6. The third kappa shape index (κ3) is 3.68. The highest BCUT2D eigenvalue weighted by molar-refractivity contribution is 7.80. The summed E-state index contributed by atoms with van der Waals surface area (Å²) in [4.78, 5) is 12.0. The molecule has 114 valence electrons. The zero-order chi connectivity index (χ0) is 16.3. The van der Waals surface area contributed by atoms with Gasteiger partial charge >= 0.3 is 0 Å². The number of anilines is 1. The van der Waals surface area contributed by atoms with Crippen LogP contribution in [-0.2, 0) is 0 Å². The fourth-order valence-electron chi connectivity index (χ4n) is 2.34. The molecule has 0 aliphatic carbocycles. The number of halogens is 1. The van der Waals surface area contributed by atoms with E-state index in [2.05, 4.69) is 10.6 Å². The van der Waals surface area contributed by atoms with Crippen molar-refractivity contribution in [3.8, 4) is 0 Å². The fourth-order valence-corrected chi connectivity index (χ4v) is 2.53. The standard InChI is InChI=1S/C17H17FN2OS/c1-10-8-11(2)15(12(3)9-10)19-17(22)20-16(21)13-6-4-5-7-14(13)18/h4-9H,1-3H3,(H2,19,20,21,22). The molecule has 1 amide bonds. The Hall–Kier alpha value is -2.27. The van der Waals surface area contributed by atoms with Crippen LogP contribution in [0.2, 0.25) is 0 Å². The van der Waals surface area contributed by atoms with Gasteiger partial charge in [-0.2, -0.15) is 0 Å². The van der Waals surface area contributed by atoms with Crippen molar-refractivity contribution in [2.75, 3.05) is 5.32 Å². The number of amides is 1. The van der Waals surface area contributed by atoms with Crippen molar-refractivity contribution in [2.24, 2.45) is 0 Å². The Bertz CT molecular complexity index is 720. The van der Waals surface area contributed by atoms with E-state index >= 15 is 0 Å². The first kappa shape index (κ1) is 16.1. The number of hydrogen-bond acceptors (Lipinski definition) is 2. The molecule has 5 heteroatoms. The van der Waals surface area contributed by atoms with Crippen LogP contribution in [0.5, 0.6) is 0 Å². The van der Waals surface area contributed by atoms with Gasteiger partial charge in [0.2, 0.25) is 0 Å². The van der Waals surface area contributed by atoms with Gasteiger partial charge in [0.25, 0.3) is 5.91 Å². The summed E-state index contributed by atoms with van der Waals surface area (Å²) in [5.74, 6) is -1.15. The highest BCUT2D eigenvalue weighted by Gasteiger charge is 2.13. The molecule has 0 aliphatic rings. The average Bonchev–Trinajstić information content (AvgIpc) is 2.43. The summed E-state index contributed by atoms with van der Waals surface area (Å²) in [5.41, 5.74) is 4.02. The molecule has 0 unspecified atom stereocenters. The number of aryl methyl sites for hydroxylation is 3. The van der Waals surface area contributed by atoms with E-state index in [9.17, 15) is 9.18 Å². The molecule has 0 saturated carbocycles. The molecule has 2 aromatic carbocycles. The van der Waals surface area contributed by atoms with Crippen molar-refractivity contribution in [3.05, 3.63) is 64.5 Å². The second-order valence-corrected chi connectivity index (χ2v) is 5.57. The molecule has 0 aromatic heterocycles. The molecule has 0 radical (unpaired) electrons. The van der Waals surface area contributed by atoms with Gasteiger partial charge in [-0.25, -0.2) is 4.39 Å². The van der Waals surface area contributed by atoms with Gasteiger partial charge < -0.3 is 5.32 Å². The van der Waals surface area contributed by atoms with E-state index in [4.69, 9.17) is 12.2 Å². The SMILES string of the molecule is Cc1cc(C)c(NC(=S)NC(=O)c2ccccc2F)c(C)c1. The Kier molecular flexibility index (Phi) is 4.88. The van der Waals surface area contributed by atoms with E-state index in [0.717, 1.165) is 22.4 Å². The molecule has 0 aliphatic heterocycles. The van der Waals surface area contributed by atoms with E-state index < -0.39 is 11.7 Å². The minimum Gasteiger partial charge on any atom is -0.332 e. The summed E-state index contributed by atoms with van der Waals surface area (Å²) in [6.45, 7) is 5.94. The highest BCUT2D eigenvalue weighted by Crippen LogP contribution is 2.21. The van der Waals surface area contributed by atoms with Gasteiger partial charge in [-0.1, -0.05) is 29.8 Å².